The van der Waals surface area contributed by atoms with Gasteiger partial charge in [0.1, 0.15) is 23.5 Å². The average Bonchev–Trinajstić information content (AvgIpc) is 2.94. The Hall–Kier alpha value is -2.80. The van der Waals surface area contributed by atoms with E-state index in [1.807, 2.05) is 12.1 Å². The fourth-order valence-electron chi connectivity index (χ4n) is 1.57. The Balaban J connectivity index is 1.97. The highest BCUT2D eigenvalue weighted by Crippen LogP contribution is 2.16. The number of aromatic nitrogens is 2. The van der Waals surface area contributed by atoms with E-state index in [0.717, 1.165) is 7.69 Å². The maximum absolute atomic E-state index is 8.80. The van der Waals surface area contributed by atoms with Crippen LogP contribution in [-0.4, -0.2) is 16.8 Å². The Kier molecular flexibility index (Phi) is 3.49. The van der Waals surface area contributed by atoms with E-state index in [4.69, 9.17) is 19.8 Å². The summed E-state index contributed by atoms with van der Waals surface area (Å²) >= 11 is 0. The van der Waals surface area contributed by atoms with Crippen LogP contribution in [0.5, 0.6) is 11.8 Å². The molecular formula is C12H10BN4O2. The third-order valence-electron chi connectivity index (χ3n) is 2.72. The van der Waals surface area contributed by atoms with Crippen LogP contribution in [0, 0.1) is 22.7 Å². The molecule has 0 unspecified atom stereocenters. The summed E-state index contributed by atoms with van der Waals surface area (Å²) in [6.45, 7) is 0. The zero-order valence-corrected chi connectivity index (χ0v) is 10.5. The number of hydrogen-bond donors (Lipinski definition) is 0. The van der Waals surface area contributed by atoms with Crippen LogP contribution < -0.4 is 9.31 Å². The molecule has 0 fully saturated rings. The minimum Gasteiger partial charge on any atom is -0.513 e. The minimum absolute atomic E-state index is 0.492. The Bertz CT molecular complexity index is 617. The molecule has 0 amide bonds. The molecule has 19 heavy (non-hydrogen) atoms. The van der Waals surface area contributed by atoms with Crippen molar-refractivity contribution in [2.24, 2.45) is 14.1 Å². The van der Waals surface area contributed by atoms with Crippen molar-refractivity contribution in [2.75, 3.05) is 0 Å². The lowest BCUT2D eigenvalue weighted by atomic mass is 10.4. The molecule has 0 saturated carbocycles. The molecule has 0 saturated heterocycles. The van der Waals surface area contributed by atoms with Crippen LogP contribution in [0.25, 0.3) is 0 Å². The van der Waals surface area contributed by atoms with Crippen LogP contribution in [0.2, 0.25) is 0 Å². The first-order valence-electron chi connectivity index (χ1n) is 5.44. The van der Waals surface area contributed by atoms with Gasteiger partial charge in [-0.25, -0.2) is 0 Å². The van der Waals surface area contributed by atoms with Gasteiger partial charge >= 0.3 is 7.69 Å². The molecule has 0 aromatic carbocycles. The van der Waals surface area contributed by atoms with Crippen LogP contribution in [0.15, 0.2) is 24.3 Å². The van der Waals surface area contributed by atoms with Crippen LogP contribution in [0.1, 0.15) is 11.4 Å². The van der Waals surface area contributed by atoms with Crippen LogP contribution in [-0.2, 0) is 14.1 Å². The van der Waals surface area contributed by atoms with Crippen LogP contribution in [0.4, 0.5) is 0 Å². The molecule has 7 heteroatoms. The van der Waals surface area contributed by atoms with Crippen molar-refractivity contribution in [1.82, 2.24) is 9.13 Å². The number of nitriles is 2. The van der Waals surface area contributed by atoms with Crippen molar-refractivity contribution in [2.45, 2.75) is 0 Å². The molecule has 0 spiro atoms. The summed E-state index contributed by atoms with van der Waals surface area (Å²) in [4.78, 5) is 0. The SMILES string of the molecule is Cn1c(C#N)ccc1O[B]Oc1ccc(C#N)n1C. The summed E-state index contributed by atoms with van der Waals surface area (Å²) in [5.41, 5.74) is 0.989. The summed E-state index contributed by atoms with van der Waals surface area (Å²) in [6, 6.07) is 10.7. The highest BCUT2D eigenvalue weighted by atomic mass is 16.6. The molecular weight excluding hydrogens is 243 g/mol. The third-order valence-corrected chi connectivity index (χ3v) is 2.72. The van der Waals surface area contributed by atoms with Gasteiger partial charge in [-0.15, -0.1) is 0 Å². The van der Waals surface area contributed by atoms with Crippen molar-refractivity contribution in [3.63, 3.8) is 0 Å². The molecule has 2 rings (SSSR count). The molecule has 0 aliphatic heterocycles. The lowest BCUT2D eigenvalue weighted by Crippen LogP contribution is -2.14. The summed E-state index contributed by atoms with van der Waals surface area (Å²) in [5.74, 6) is 0.984. The quantitative estimate of drug-likeness (QED) is 0.764. The first kappa shape index (κ1) is 12.7. The Morgan fingerprint density at radius 2 is 1.32 bits per heavy atom. The molecule has 0 bridgehead atoms. The maximum atomic E-state index is 8.80. The van der Waals surface area contributed by atoms with Gasteiger partial charge in [0, 0.05) is 14.1 Å². The first-order chi connectivity index (χ1) is 9.17. The van der Waals surface area contributed by atoms with E-state index < -0.39 is 0 Å². The number of hydrogen-bond acceptors (Lipinski definition) is 4. The topological polar surface area (TPSA) is 75.9 Å². The fraction of sp³-hybridized carbons (Fsp3) is 0.167. The standard InChI is InChI=1S/C12H10BN4O2/c1-16-9(7-14)3-5-11(16)18-13-19-12-6-4-10(8-15)17(12)2/h3-6H,1-2H3. The lowest BCUT2D eigenvalue weighted by molar-refractivity contribution is 0.419. The molecule has 0 N–H and O–H groups in total. The summed E-state index contributed by atoms with van der Waals surface area (Å²) < 4.78 is 13.8. The van der Waals surface area contributed by atoms with E-state index in [0.29, 0.717) is 23.1 Å². The third kappa shape index (κ3) is 2.40. The minimum atomic E-state index is 0.492. The molecule has 1 radical (unpaired) electrons. The van der Waals surface area contributed by atoms with Gasteiger partial charge in [-0.2, -0.15) is 10.5 Å². The summed E-state index contributed by atoms with van der Waals surface area (Å²) in [7, 11) is 4.60. The maximum Gasteiger partial charge on any atom is 0.660 e. The van der Waals surface area contributed by atoms with Crippen molar-refractivity contribution >= 4 is 7.69 Å². The first-order valence-corrected chi connectivity index (χ1v) is 5.44. The van der Waals surface area contributed by atoms with Crippen molar-refractivity contribution in [3.05, 3.63) is 35.7 Å². The second kappa shape index (κ2) is 5.24. The van der Waals surface area contributed by atoms with Gasteiger partial charge in [0.25, 0.3) is 0 Å². The molecule has 2 aromatic rings. The van der Waals surface area contributed by atoms with E-state index in [-0.39, 0.29) is 0 Å². The molecule has 2 aromatic heterocycles. The Morgan fingerprint density at radius 3 is 1.63 bits per heavy atom. The van der Waals surface area contributed by atoms with Crippen molar-refractivity contribution in [3.8, 4) is 23.9 Å². The van der Waals surface area contributed by atoms with Gasteiger partial charge in [0.15, 0.2) is 11.8 Å². The fourth-order valence-corrected chi connectivity index (χ4v) is 1.57. The molecule has 0 aliphatic rings. The predicted octanol–water partition coefficient (Wildman–Crippen LogP) is 1.10. The average molecular weight is 253 g/mol. The van der Waals surface area contributed by atoms with E-state index >= 15 is 0 Å². The van der Waals surface area contributed by atoms with Crippen molar-refractivity contribution < 1.29 is 9.31 Å². The Morgan fingerprint density at radius 1 is 0.895 bits per heavy atom. The van der Waals surface area contributed by atoms with Crippen LogP contribution in [0.3, 0.4) is 0 Å². The second-order valence-electron chi connectivity index (χ2n) is 3.79. The molecule has 0 atom stereocenters. The normalized spacial score (nSPS) is 9.47. The van der Waals surface area contributed by atoms with E-state index in [1.165, 1.54) is 0 Å². The predicted molar refractivity (Wildman–Crippen MR) is 67.3 cm³/mol. The molecule has 0 aliphatic carbocycles. The summed E-state index contributed by atoms with van der Waals surface area (Å²) in [5, 5.41) is 17.6. The summed E-state index contributed by atoms with van der Waals surface area (Å²) in [6.07, 6.45) is 0. The van der Waals surface area contributed by atoms with E-state index in [1.54, 1.807) is 47.5 Å². The number of rotatable bonds is 4. The van der Waals surface area contributed by atoms with E-state index in [2.05, 4.69) is 0 Å². The van der Waals surface area contributed by atoms with Gasteiger partial charge < -0.3 is 18.4 Å². The molecule has 93 valence electrons. The number of nitrogens with zero attached hydrogens (tertiary/aromatic N) is 4. The van der Waals surface area contributed by atoms with Crippen LogP contribution >= 0.6 is 0 Å². The van der Waals surface area contributed by atoms with Gasteiger partial charge in [0.05, 0.1) is 0 Å². The lowest BCUT2D eigenvalue weighted by Gasteiger charge is -2.08. The molecule has 6 nitrogen and oxygen atoms in total. The smallest absolute Gasteiger partial charge is 0.513 e. The largest absolute Gasteiger partial charge is 0.660 e. The second-order valence-corrected chi connectivity index (χ2v) is 3.79. The zero-order chi connectivity index (χ0) is 13.8. The van der Waals surface area contributed by atoms with Gasteiger partial charge in [-0.3, -0.25) is 0 Å². The zero-order valence-electron chi connectivity index (χ0n) is 10.5. The van der Waals surface area contributed by atoms with Gasteiger partial charge in [-0.1, -0.05) is 0 Å². The monoisotopic (exact) mass is 253 g/mol. The molecule has 2 heterocycles. The highest BCUT2D eigenvalue weighted by Gasteiger charge is 2.10. The highest BCUT2D eigenvalue weighted by molar-refractivity contribution is 6.20. The van der Waals surface area contributed by atoms with E-state index in [9.17, 15) is 0 Å². The van der Waals surface area contributed by atoms with Crippen molar-refractivity contribution in [1.29, 1.82) is 10.5 Å². The Labute approximate surface area is 111 Å². The van der Waals surface area contributed by atoms with Gasteiger partial charge in [-0.05, 0) is 24.3 Å². The van der Waals surface area contributed by atoms with Gasteiger partial charge in [0.2, 0.25) is 0 Å².